The zero-order valence-electron chi connectivity index (χ0n) is 13.8. The highest BCUT2D eigenvalue weighted by Crippen LogP contribution is 2.37. The monoisotopic (exact) mass is 341 g/mol. The van der Waals surface area contributed by atoms with Crippen molar-refractivity contribution in [1.82, 2.24) is 14.5 Å². The summed E-state index contributed by atoms with van der Waals surface area (Å²) >= 11 is 5.99. The van der Waals surface area contributed by atoms with E-state index in [1.165, 1.54) is 5.56 Å². The second-order valence-electron chi connectivity index (χ2n) is 6.47. The van der Waals surface area contributed by atoms with E-state index in [1.54, 1.807) is 6.33 Å². The maximum Gasteiger partial charge on any atom is 0.145 e. The van der Waals surface area contributed by atoms with Gasteiger partial charge in [0.25, 0.3) is 0 Å². The number of rotatable bonds is 3. The minimum Gasteiger partial charge on any atom is -0.354 e. The number of halogens is 1. The van der Waals surface area contributed by atoms with Crippen molar-refractivity contribution in [2.45, 2.75) is 44.9 Å². The summed E-state index contributed by atoms with van der Waals surface area (Å²) in [6.07, 6.45) is 5.96. The molecule has 3 atom stereocenters. The highest BCUT2D eigenvalue weighted by Gasteiger charge is 2.31. The summed E-state index contributed by atoms with van der Waals surface area (Å²) in [6, 6.07) is 10.1. The molecule has 0 radical (unpaired) electrons. The molecule has 1 aliphatic heterocycles. The lowest BCUT2D eigenvalue weighted by Gasteiger charge is -2.21. The van der Waals surface area contributed by atoms with Crippen LogP contribution >= 0.6 is 11.6 Å². The highest BCUT2D eigenvalue weighted by molar-refractivity contribution is 6.30. The van der Waals surface area contributed by atoms with Crippen LogP contribution in [0.1, 0.15) is 43.2 Å². The first-order valence-corrected chi connectivity index (χ1v) is 8.70. The summed E-state index contributed by atoms with van der Waals surface area (Å²) in [5.74, 6) is 0.338. The summed E-state index contributed by atoms with van der Waals surface area (Å²) in [7, 11) is 0. The number of aryl methyl sites for hydroxylation is 1. The normalized spacial score (nSPS) is 22.1. The molecule has 0 bridgehead atoms. The summed E-state index contributed by atoms with van der Waals surface area (Å²) in [5, 5.41) is 1.86. The van der Waals surface area contributed by atoms with Gasteiger partial charge in [0, 0.05) is 22.5 Å². The van der Waals surface area contributed by atoms with Crippen LogP contribution in [0.2, 0.25) is 5.02 Å². The smallest absolute Gasteiger partial charge is 0.145 e. The number of hydrogen-bond acceptors (Lipinski definition) is 3. The number of fused-ring (bicyclic) bond motifs is 1. The van der Waals surface area contributed by atoms with Crippen molar-refractivity contribution >= 4 is 22.6 Å². The van der Waals surface area contributed by atoms with Crippen molar-refractivity contribution in [3.63, 3.8) is 0 Å². The molecule has 0 amide bonds. The van der Waals surface area contributed by atoms with Gasteiger partial charge in [-0.05, 0) is 43.5 Å². The largest absolute Gasteiger partial charge is 0.354 e. The molecular formula is C19H20ClN3O. The van der Waals surface area contributed by atoms with Gasteiger partial charge in [0.15, 0.2) is 0 Å². The fourth-order valence-electron chi connectivity index (χ4n) is 3.53. The third kappa shape index (κ3) is 2.70. The lowest BCUT2D eigenvalue weighted by Crippen LogP contribution is -2.17. The van der Waals surface area contributed by atoms with Gasteiger partial charge in [0.2, 0.25) is 0 Å². The Morgan fingerprint density at radius 3 is 2.75 bits per heavy atom. The molecule has 5 heteroatoms. The van der Waals surface area contributed by atoms with Gasteiger partial charge in [-0.25, -0.2) is 9.97 Å². The van der Waals surface area contributed by atoms with Crippen LogP contribution in [0.4, 0.5) is 0 Å². The first kappa shape index (κ1) is 15.6. The molecule has 0 aliphatic carbocycles. The van der Waals surface area contributed by atoms with Crippen molar-refractivity contribution < 1.29 is 4.74 Å². The van der Waals surface area contributed by atoms with E-state index >= 15 is 0 Å². The zero-order valence-corrected chi connectivity index (χ0v) is 14.6. The van der Waals surface area contributed by atoms with Gasteiger partial charge in [0.1, 0.15) is 18.2 Å². The van der Waals surface area contributed by atoms with Gasteiger partial charge >= 0.3 is 0 Å². The minimum absolute atomic E-state index is 0.0385. The van der Waals surface area contributed by atoms with E-state index in [2.05, 4.69) is 45.9 Å². The third-order valence-corrected chi connectivity index (χ3v) is 5.25. The molecule has 3 unspecified atom stereocenters. The van der Waals surface area contributed by atoms with Crippen LogP contribution in [-0.4, -0.2) is 20.6 Å². The Labute approximate surface area is 146 Å². The van der Waals surface area contributed by atoms with Crippen LogP contribution in [0.15, 0.2) is 42.9 Å². The van der Waals surface area contributed by atoms with Gasteiger partial charge in [-0.3, -0.25) is 0 Å². The first-order chi connectivity index (χ1) is 11.6. The van der Waals surface area contributed by atoms with Crippen molar-refractivity contribution in [1.29, 1.82) is 0 Å². The SMILES string of the molecule is Cc1ncnc2c1ccn2C1CCC(C(C)c2ccc(Cl)cc2)O1. The van der Waals surface area contributed by atoms with Crippen LogP contribution in [0.3, 0.4) is 0 Å². The number of benzene rings is 1. The molecule has 3 aromatic rings. The molecule has 0 saturated carbocycles. The summed E-state index contributed by atoms with van der Waals surface area (Å²) in [4.78, 5) is 8.70. The number of nitrogens with zero attached hydrogens (tertiary/aromatic N) is 3. The molecule has 4 rings (SSSR count). The molecular weight excluding hydrogens is 322 g/mol. The second-order valence-corrected chi connectivity index (χ2v) is 6.90. The molecule has 1 aliphatic rings. The molecule has 3 heterocycles. The Hall–Kier alpha value is -1.91. The van der Waals surface area contributed by atoms with E-state index in [0.29, 0.717) is 5.92 Å². The van der Waals surface area contributed by atoms with Crippen molar-refractivity contribution in [3.8, 4) is 0 Å². The van der Waals surface area contributed by atoms with Gasteiger partial charge < -0.3 is 9.30 Å². The predicted octanol–water partition coefficient (Wildman–Crippen LogP) is 4.87. The average molecular weight is 342 g/mol. The van der Waals surface area contributed by atoms with Gasteiger partial charge in [-0.15, -0.1) is 0 Å². The fourth-order valence-corrected chi connectivity index (χ4v) is 3.65. The van der Waals surface area contributed by atoms with E-state index in [0.717, 1.165) is 34.6 Å². The zero-order chi connectivity index (χ0) is 16.7. The maximum absolute atomic E-state index is 6.37. The van der Waals surface area contributed by atoms with E-state index in [9.17, 15) is 0 Å². The standard InChI is InChI=1S/C19H20ClN3O/c1-12(14-3-5-15(20)6-4-14)17-7-8-18(24-17)23-10-9-16-13(2)21-11-22-19(16)23/h3-6,9-12,17-18H,7-8H2,1-2H3. The molecule has 4 nitrogen and oxygen atoms in total. The molecule has 24 heavy (non-hydrogen) atoms. The quantitative estimate of drug-likeness (QED) is 0.682. The Morgan fingerprint density at radius 2 is 1.96 bits per heavy atom. The predicted molar refractivity (Wildman–Crippen MR) is 95.3 cm³/mol. The van der Waals surface area contributed by atoms with E-state index in [1.807, 2.05) is 19.1 Å². The first-order valence-electron chi connectivity index (χ1n) is 8.32. The topological polar surface area (TPSA) is 39.9 Å². The van der Waals surface area contributed by atoms with Gasteiger partial charge in [-0.1, -0.05) is 30.7 Å². The van der Waals surface area contributed by atoms with Crippen LogP contribution < -0.4 is 0 Å². The molecule has 1 fully saturated rings. The molecule has 1 aromatic carbocycles. The average Bonchev–Trinajstić information content (AvgIpc) is 3.22. The Bertz CT molecular complexity index is 859. The second kappa shape index (κ2) is 6.19. The Balaban J connectivity index is 1.55. The number of aromatic nitrogens is 3. The minimum atomic E-state index is 0.0385. The van der Waals surface area contributed by atoms with Crippen molar-refractivity contribution in [2.75, 3.05) is 0 Å². The molecule has 1 saturated heterocycles. The van der Waals surface area contributed by atoms with E-state index in [-0.39, 0.29) is 12.3 Å². The van der Waals surface area contributed by atoms with Crippen LogP contribution in [0, 0.1) is 6.92 Å². The van der Waals surface area contributed by atoms with Crippen LogP contribution in [0.25, 0.3) is 11.0 Å². The van der Waals surface area contributed by atoms with E-state index < -0.39 is 0 Å². The molecule has 0 N–H and O–H groups in total. The fraction of sp³-hybridized carbons (Fsp3) is 0.368. The Morgan fingerprint density at radius 1 is 1.17 bits per heavy atom. The molecule has 0 spiro atoms. The number of ether oxygens (including phenoxy) is 1. The van der Waals surface area contributed by atoms with Crippen molar-refractivity contribution in [2.24, 2.45) is 0 Å². The third-order valence-electron chi connectivity index (χ3n) is 5.00. The van der Waals surface area contributed by atoms with Crippen LogP contribution in [0.5, 0.6) is 0 Å². The molecule has 2 aromatic heterocycles. The lowest BCUT2D eigenvalue weighted by atomic mass is 9.94. The van der Waals surface area contributed by atoms with Gasteiger partial charge in [-0.2, -0.15) is 0 Å². The summed E-state index contributed by atoms with van der Waals surface area (Å²) in [5.41, 5.74) is 3.22. The van der Waals surface area contributed by atoms with Gasteiger partial charge in [0.05, 0.1) is 11.8 Å². The summed E-state index contributed by atoms with van der Waals surface area (Å²) < 4.78 is 8.51. The van der Waals surface area contributed by atoms with Crippen LogP contribution in [-0.2, 0) is 4.74 Å². The maximum atomic E-state index is 6.37. The molecule has 124 valence electrons. The Kier molecular flexibility index (Phi) is 4.02. The summed E-state index contributed by atoms with van der Waals surface area (Å²) in [6.45, 7) is 4.23. The lowest BCUT2D eigenvalue weighted by molar-refractivity contribution is -0.00558. The number of hydrogen-bond donors (Lipinski definition) is 0. The van der Waals surface area contributed by atoms with E-state index in [4.69, 9.17) is 16.3 Å². The highest BCUT2D eigenvalue weighted by atomic mass is 35.5. The van der Waals surface area contributed by atoms with Crippen molar-refractivity contribution in [3.05, 3.63) is 59.1 Å².